The number of amides is 1. The van der Waals surface area contributed by atoms with Crippen LogP contribution in [0.25, 0.3) is 0 Å². The minimum Gasteiger partial charge on any atom is -0.492 e. The quantitative estimate of drug-likeness (QED) is 0.357. The summed E-state index contributed by atoms with van der Waals surface area (Å²) >= 11 is 0. The lowest BCUT2D eigenvalue weighted by molar-refractivity contribution is -0.125. The molecule has 0 spiro atoms. The molecule has 6 rings (SSSR count). The number of nitrogens with zero attached hydrogens (tertiary/aromatic N) is 3. The van der Waals surface area contributed by atoms with Gasteiger partial charge in [0.25, 0.3) is 17.6 Å². The summed E-state index contributed by atoms with van der Waals surface area (Å²) in [6.07, 6.45) is 1.98. The number of carbonyl (C=O) groups is 2. The van der Waals surface area contributed by atoms with Gasteiger partial charge in [0.05, 0.1) is 18.4 Å². The molecule has 0 saturated carbocycles. The van der Waals surface area contributed by atoms with Crippen LogP contribution >= 0.6 is 0 Å². The summed E-state index contributed by atoms with van der Waals surface area (Å²) in [5.41, 5.74) is 2.88. The van der Waals surface area contributed by atoms with Gasteiger partial charge in [0, 0.05) is 38.7 Å². The molecule has 34 heavy (non-hydrogen) atoms. The number of carbonyl (C=O) groups excluding carboxylic acids is 2. The van der Waals surface area contributed by atoms with Crippen LogP contribution in [0.4, 0.5) is 0 Å². The van der Waals surface area contributed by atoms with Gasteiger partial charge in [0.15, 0.2) is 5.75 Å². The molecule has 5 heterocycles. The lowest BCUT2D eigenvalue weighted by Gasteiger charge is -2.23. The molecule has 0 bridgehead atoms. The molecule has 11 heteroatoms. The predicted molar refractivity (Wildman–Crippen MR) is 118 cm³/mol. The minimum atomic E-state index is -3.81. The highest BCUT2D eigenvalue weighted by atomic mass is 32.2. The van der Waals surface area contributed by atoms with Crippen LogP contribution in [0.15, 0.2) is 46.5 Å². The van der Waals surface area contributed by atoms with Crippen LogP contribution in [0, 0.1) is 0 Å². The van der Waals surface area contributed by atoms with Gasteiger partial charge < -0.3 is 19.1 Å². The van der Waals surface area contributed by atoms with E-state index in [1.807, 2.05) is 6.07 Å². The average molecular weight is 484 g/mol. The van der Waals surface area contributed by atoms with Gasteiger partial charge in [-0.15, -0.1) is 0 Å². The molecule has 0 atom stereocenters. The van der Waals surface area contributed by atoms with E-state index in [1.54, 1.807) is 12.1 Å². The van der Waals surface area contributed by atoms with Crippen molar-refractivity contribution in [2.45, 2.75) is 11.3 Å². The highest BCUT2D eigenvalue weighted by molar-refractivity contribution is 7.89. The molecule has 0 unspecified atom stereocenters. The maximum absolute atomic E-state index is 13.2. The third-order valence-corrected chi connectivity index (χ3v) is 8.21. The second-order valence-electron chi connectivity index (χ2n) is 8.53. The van der Waals surface area contributed by atoms with Crippen molar-refractivity contribution in [1.29, 1.82) is 0 Å². The Morgan fingerprint density at radius 3 is 2.50 bits per heavy atom. The van der Waals surface area contributed by atoms with Gasteiger partial charge in [-0.25, -0.2) is 13.4 Å². The Morgan fingerprint density at radius 1 is 0.941 bits per heavy atom. The predicted octanol–water partition coefficient (Wildman–Crippen LogP) is 0.814. The van der Waals surface area contributed by atoms with Crippen molar-refractivity contribution in [2.75, 3.05) is 46.0 Å². The average Bonchev–Trinajstić information content (AvgIpc) is 3.57. The van der Waals surface area contributed by atoms with Crippen molar-refractivity contribution >= 4 is 21.7 Å². The van der Waals surface area contributed by atoms with Crippen LogP contribution in [0.1, 0.15) is 15.9 Å². The van der Waals surface area contributed by atoms with Crippen molar-refractivity contribution in [2.24, 2.45) is 0 Å². The number of rotatable bonds is 4. The Hall–Kier alpha value is -3.44. The van der Waals surface area contributed by atoms with Crippen molar-refractivity contribution in [1.82, 2.24) is 14.2 Å². The Bertz CT molecular complexity index is 1350. The van der Waals surface area contributed by atoms with E-state index < -0.39 is 21.7 Å². The molecule has 0 saturated heterocycles. The molecule has 176 valence electrons. The molecule has 2 aromatic rings. The van der Waals surface area contributed by atoms with Crippen molar-refractivity contribution in [3.63, 3.8) is 0 Å². The van der Waals surface area contributed by atoms with E-state index in [1.165, 1.54) is 21.5 Å². The third-order valence-electron chi connectivity index (χ3n) is 6.45. The Balaban J connectivity index is 1.14. The summed E-state index contributed by atoms with van der Waals surface area (Å²) in [7, 11) is -3.81. The standard InChI is InChI=1S/C23H21N3O7S/c27-20(18-3-1-2-14-4-5-32-21(14)18)23(28)25-10-15-12-26(13-16(15)11-25)34(29,30)17-8-19-22(24-9-17)33-7-6-31-19/h1-3,8-9H,4-7,10-13H2. The van der Waals surface area contributed by atoms with Gasteiger partial charge in [-0.1, -0.05) is 12.1 Å². The highest BCUT2D eigenvalue weighted by Gasteiger charge is 2.40. The van der Waals surface area contributed by atoms with Gasteiger partial charge in [-0.05, 0) is 22.8 Å². The molecule has 4 aliphatic heterocycles. The van der Waals surface area contributed by atoms with Crippen molar-refractivity contribution < 1.29 is 32.2 Å². The van der Waals surface area contributed by atoms with Gasteiger partial charge in [0.1, 0.15) is 23.9 Å². The fourth-order valence-corrected chi connectivity index (χ4v) is 6.11. The molecule has 0 N–H and O–H groups in total. The Labute approximate surface area is 195 Å². The molecule has 4 aliphatic rings. The first kappa shape index (κ1) is 21.1. The molecular formula is C23H21N3O7S. The molecule has 0 fully saturated rings. The second kappa shape index (κ2) is 7.81. The molecule has 1 amide bonds. The number of pyridine rings is 1. The van der Waals surface area contributed by atoms with Gasteiger partial charge in [0.2, 0.25) is 10.0 Å². The first-order valence-electron chi connectivity index (χ1n) is 11.0. The summed E-state index contributed by atoms with van der Waals surface area (Å²) in [5, 5.41) is 0. The largest absolute Gasteiger partial charge is 0.492 e. The minimum absolute atomic E-state index is 0.0268. The van der Waals surface area contributed by atoms with Gasteiger partial charge >= 0.3 is 0 Å². The Morgan fingerprint density at radius 2 is 1.71 bits per heavy atom. The number of ether oxygens (including phenoxy) is 3. The van der Waals surface area contributed by atoms with E-state index in [9.17, 15) is 18.0 Å². The third kappa shape index (κ3) is 3.34. The summed E-state index contributed by atoms with van der Waals surface area (Å²) in [4.78, 5) is 31.4. The van der Waals surface area contributed by atoms with Crippen LogP contribution in [0.2, 0.25) is 0 Å². The highest BCUT2D eigenvalue weighted by Crippen LogP contribution is 2.35. The molecule has 0 radical (unpaired) electrons. The smallest absolute Gasteiger partial charge is 0.295 e. The molecule has 0 aliphatic carbocycles. The number of para-hydroxylation sites is 1. The van der Waals surface area contributed by atoms with Gasteiger partial charge in [-0.2, -0.15) is 4.31 Å². The summed E-state index contributed by atoms with van der Waals surface area (Å²) < 4.78 is 44.1. The van der Waals surface area contributed by atoms with Crippen LogP contribution < -0.4 is 14.2 Å². The van der Waals surface area contributed by atoms with Crippen molar-refractivity contribution in [3.8, 4) is 17.4 Å². The SMILES string of the molecule is O=C(C(=O)N1CC2=C(C1)CN(S(=O)(=O)c1cnc3c(c1)OCCO3)C2)c1cccc2c1OCC2. The van der Waals surface area contributed by atoms with E-state index in [-0.39, 0.29) is 42.5 Å². The zero-order valence-corrected chi connectivity index (χ0v) is 19.0. The Kier molecular flexibility index (Phi) is 4.85. The number of benzene rings is 1. The number of fused-ring (bicyclic) bond motifs is 2. The monoisotopic (exact) mass is 483 g/mol. The topological polar surface area (TPSA) is 115 Å². The van der Waals surface area contributed by atoms with Crippen molar-refractivity contribution in [3.05, 3.63) is 52.7 Å². The van der Waals surface area contributed by atoms with E-state index in [0.717, 1.165) is 16.7 Å². The molecule has 1 aromatic carbocycles. The first-order valence-corrected chi connectivity index (χ1v) is 12.4. The molecule has 1 aromatic heterocycles. The maximum atomic E-state index is 13.2. The lowest BCUT2D eigenvalue weighted by atomic mass is 10.0. The molecule has 10 nitrogen and oxygen atoms in total. The van der Waals surface area contributed by atoms with E-state index in [2.05, 4.69) is 4.98 Å². The zero-order chi connectivity index (χ0) is 23.4. The zero-order valence-electron chi connectivity index (χ0n) is 18.2. The summed E-state index contributed by atoms with van der Waals surface area (Å²) in [5.74, 6) is -0.138. The fourth-order valence-electron chi connectivity index (χ4n) is 4.72. The number of Topliss-reactive ketones (excluding diaryl/α,β-unsaturated/α-hetero) is 1. The van der Waals surface area contributed by atoms with Crippen LogP contribution in [0.3, 0.4) is 0 Å². The lowest BCUT2D eigenvalue weighted by Crippen LogP contribution is -2.39. The number of hydrogen-bond acceptors (Lipinski definition) is 8. The number of sulfonamides is 1. The second-order valence-corrected chi connectivity index (χ2v) is 10.5. The number of aromatic nitrogens is 1. The summed E-state index contributed by atoms with van der Waals surface area (Å²) in [6.45, 7) is 1.96. The van der Waals surface area contributed by atoms with E-state index in [0.29, 0.717) is 37.7 Å². The summed E-state index contributed by atoms with van der Waals surface area (Å²) in [6, 6.07) is 6.68. The number of hydrogen-bond donors (Lipinski definition) is 0. The first-order chi connectivity index (χ1) is 16.4. The fraction of sp³-hybridized carbons (Fsp3) is 0.348. The van der Waals surface area contributed by atoms with Gasteiger partial charge in [-0.3, -0.25) is 9.59 Å². The normalized spacial score (nSPS) is 19.1. The maximum Gasteiger partial charge on any atom is 0.295 e. The van der Waals surface area contributed by atoms with Crippen LogP contribution in [-0.2, 0) is 21.2 Å². The van der Waals surface area contributed by atoms with Crippen LogP contribution in [0.5, 0.6) is 17.4 Å². The number of ketones is 1. The molecular weight excluding hydrogens is 462 g/mol. The van der Waals surface area contributed by atoms with Crippen LogP contribution in [-0.4, -0.2) is 80.3 Å². The van der Waals surface area contributed by atoms with E-state index >= 15 is 0 Å². The van der Waals surface area contributed by atoms with E-state index in [4.69, 9.17) is 14.2 Å².